The van der Waals surface area contributed by atoms with Gasteiger partial charge in [-0.1, -0.05) is 24.8 Å². The monoisotopic (exact) mass is 672 g/mol. The molecule has 4 heterocycles. The Hall–Kier alpha value is -4.80. The number of pyridine rings is 1. The fourth-order valence-corrected chi connectivity index (χ4v) is 7.56. The van der Waals surface area contributed by atoms with E-state index in [9.17, 15) is 23.2 Å². The first-order chi connectivity index (χ1) is 23.0. The number of anilines is 3. The second kappa shape index (κ2) is 13.7. The Labute approximate surface area is 280 Å². The number of amides is 1. The number of alkyl halides is 3. The summed E-state index contributed by atoms with van der Waals surface area (Å²) in [6.07, 6.45) is 2.86. The van der Waals surface area contributed by atoms with Crippen LogP contribution in [0.15, 0.2) is 54.8 Å². The zero-order valence-corrected chi connectivity index (χ0v) is 27.2. The lowest BCUT2D eigenvalue weighted by Crippen LogP contribution is -2.39. The molecule has 9 nitrogen and oxygen atoms in total. The van der Waals surface area contributed by atoms with Crippen molar-refractivity contribution in [3.8, 4) is 6.07 Å². The highest BCUT2D eigenvalue weighted by Gasteiger charge is 2.30. The van der Waals surface area contributed by atoms with Crippen molar-refractivity contribution in [2.24, 2.45) is 0 Å². The number of carbonyl (C=O) groups is 1. The Morgan fingerprint density at radius 2 is 2.02 bits per heavy atom. The largest absolute Gasteiger partial charge is 0.393 e. The molecule has 48 heavy (non-hydrogen) atoms. The van der Waals surface area contributed by atoms with Crippen LogP contribution in [0.1, 0.15) is 57.9 Å². The third-order valence-corrected chi connectivity index (χ3v) is 10.0. The van der Waals surface area contributed by atoms with E-state index in [1.807, 2.05) is 12.1 Å². The fraction of sp³-hybridized carbons (Fsp3) is 0.343. The van der Waals surface area contributed by atoms with E-state index in [0.717, 1.165) is 73.4 Å². The van der Waals surface area contributed by atoms with Gasteiger partial charge in [-0.25, -0.2) is 9.97 Å². The van der Waals surface area contributed by atoms with Gasteiger partial charge in [0.25, 0.3) is 0 Å². The molecule has 4 aromatic rings. The number of aryl methyl sites for hydroxylation is 1. The Morgan fingerprint density at radius 1 is 1.23 bits per heavy atom. The van der Waals surface area contributed by atoms with E-state index >= 15 is 0 Å². The minimum atomic E-state index is -4.30. The second-order valence-corrected chi connectivity index (χ2v) is 13.4. The highest BCUT2D eigenvalue weighted by atomic mass is 32.1. The number of benzene rings is 1. The maximum Gasteiger partial charge on any atom is 0.393 e. The van der Waals surface area contributed by atoms with Crippen LogP contribution in [0.4, 0.5) is 30.8 Å². The van der Waals surface area contributed by atoms with Crippen LogP contribution < -0.4 is 16.4 Å². The van der Waals surface area contributed by atoms with Crippen LogP contribution in [0.5, 0.6) is 0 Å². The van der Waals surface area contributed by atoms with Gasteiger partial charge in [-0.2, -0.15) is 23.4 Å². The predicted octanol–water partition coefficient (Wildman–Crippen LogP) is 6.92. The van der Waals surface area contributed by atoms with E-state index in [-0.39, 0.29) is 28.7 Å². The van der Waals surface area contributed by atoms with Crippen LogP contribution in [0.25, 0.3) is 16.3 Å². The SMILES string of the molecule is C=CC(=O)Nc1ccc(CCC2C(C#N)=Cc3c2ccc(CN2CCC(Nc4nc(N)nc5sc(CC(F)(F)F)cc45)CC2)c3C)cn1. The molecular weight excluding hydrogens is 638 g/mol. The normalized spacial score (nSPS) is 16.7. The van der Waals surface area contributed by atoms with Crippen LogP contribution in [0, 0.1) is 18.3 Å². The minimum Gasteiger partial charge on any atom is -0.368 e. The third kappa shape index (κ3) is 7.50. The van der Waals surface area contributed by atoms with Gasteiger partial charge in [0.15, 0.2) is 0 Å². The quantitative estimate of drug-likeness (QED) is 0.155. The molecule has 1 amide bonds. The molecule has 1 aliphatic carbocycles. The van der Waals surface area contributed by atoms with Gasteiger partial charge in [-0.3, -0.25) is 9.69 Å². The first kappa shape index (κ1) is 33.1. The zero-order chi connectivity index (χ0) is 34.0. The summed E-state index contributed by atoms with van der Waals surface area (Å²) in [4.78, 5) is 27.3. The topological polar surface area (TPSA) is 133 Å². The van der Waals surface area contributed by atoms with Crippen LogP contribution in [0.2, 0.25) is 0 Å². The van der Waals surface area contributed by atoms with Gasteiger partial charge < -0.3 is 16.4 Å². The summed E-state index contributed by atoms with van der Waals surface area (Å²) in [5.41, 5.74) is 12.4. The van der Waals surface area contributed by atoms with E-state index in [2.05, 4.69) is 62.2 Å². The van der Waals surface area contributed by atoms with Gasteiger partial charge in [0.2, 0.25) is 11.9 Å². The molecular formula is C35H35F3N8OS. The first-order valence-electron chi connectivity index (χ1n) is 15.7. The number of nitrogens with one attached hydrogen (secondary N) is 2. The summed E-state index contributed by atoms with van der Waals surface area (Å²) in [7, 11) is 0. The van der Waals surface area contributed by atoms with Crippen LogP contribution >= 0.6 is 11.3 Å². The molecule has 6 rings (SSSR count). The summed E-state index contributed by atoms with van der Waals surface area (Å²) in [5.74, 6) is 0.680. The average Bonchev–Trinajstić information content (AvgIpc) is 3.62. The molecule has 1 unspecified atom stereocenters. The summed E-state index contributed by atoms with van der Waals surface area (Å²) in [6.45, 7) is 8.03. The molecule has 248 valence electrons. The molecule has 13 heteroatoms. The molecule has 2 aliphatic rings. The number of hydrogen-bond acceptors (Lipinski definition) is 9. The maximum atomic E-state index is 13.0. The Morgan fingerprint density at radius 3 is 2.71 bits per heavy atom. The number of aromatic nitrogens is 3. The molecule has 1 aromatic carbocycles. The second-order valence-electron chi connectivity index (χ2n) is 12.2. The molecule has 0 spiro atoms. The van der Waals surface area contributed by atoms with E-state index in [0.29, 0.717) is 21.9 Å². The van der Waals surface area contributed by atoms with Gasteiger partial charge in [-0.05, 0) is 84.7 Å². The van der Waals surface area contributed by atoms with Crippen molar-refractivity contribution in [3.05, 3.63) is 87.5 Å². The summed E-state index contributed by atoms with van der Waals surface area (Å²) in [5, 5.41) is 16.6. The lowest BCUT2D eigenvalue weighted by Gasteiger charge is -2.33. The lowest BCUT2D eigenvalue weighted by atomic mass is 9.88. The first-order valence-corrected chi connectivity index (χ1v) is 16.5. The van der Waals surface area contributed by atoms with Gasteiger partial charge in [-0.15, -0.1) is 11.3 Å². The van der Waals surface area contributed by atoms with Gasteiger partial charge in [0, 0.05) is 48.2 Å². The number of nitrogens with two attached hydrogens (primary N) is 1. The van der Waals surface area contributed by atoms with E-state index < -0.39 is 12.6 Å². The predicted molar refractivity (Wildman–Crippen MR) is 182 cm³/mol. The third-order valence-electron chi connectivity index (χ3n) is 8.98. The summed E-state index contributed by atoms with van der Waals surface area (Å²) in [6, 6.07) is 12.1. The van der Waals surface area contributed by atoms with E-state index in [1.54, 1.807) is 12.3 Å². The molecule has 1 saturated heterocycles. The number of nitrogen functional groups attached to an aromatic ring is 1. The van der Waals surface area contributed by atoms with Crippen LogP contribution in [-0.2, 0) is 24.2 Å². The standard InChI is InChI=1S/C35H35F3N8OS/c1-3-31(47)43-30-9-5-21(18-41-30)4-7-26-23(17-39)14-28-20(2)22(6-8-27(26)28)19-46-12-10-24(11-13-46)42-32-29-15-25(16-35(36,37)38)48-33(29)45-34(40)44-32/h3,5-6,8-9,14-15,18,24,26H,1,4,7,10-13,16,19H2,2H3,(H,41,43,47)(H3,40,42,44,45). The van der Waals surface area contributed by atoms with Crippen molar-refractivity contribution in [1.29, 1.82) is 5.26 Å². The Kier molecular flexibility index (Phi) is 9.48. The number of halogens is 3. The smallest absolute Gasteiger partial charge is 0.368 e. The molecule has 1 aliphatic heterocycles. The Balaban J connectivity index is 1.07. The molecule has 3 aromatic heterocycles. The van der Waals surface area contributed by atoms with Crippen molar-refractivity contribution < 1.29 is 18.0 Å². The number of thiophene rings is 1. The molecule has 0 radical (unpaired) electrons. The van der Waals surface area contributed by atoms with Gasteiger partial charge >= 0.3 is 6.18 Å². The van der Waals surface area contributed by atoms with Gasteiger partial charge in [0.05, 0.1) is 17.9 Å². The summed E-state index contributed by atoms with van der Waals surface area (Å²) < 4.78 is 39.0. The van der Waals surface area contributed by atoms with Crippen molar-refractivity contribution in [2.75, 3.05) is 29.5 Å². The average molecular weight is 673 g/mol. The lowest BCUT2D eigenvalue weighted by molar-refractivity contribution is -0.126. The number of rotatable bonds is 10. The van der Waals surface area contributed by atoms with Crippen molar-refractivity contribution in [2.45, 2.75) is 63.7 Å². The number of nitriles is 1. The minimum absolute atomic E-state index is 0.00906. The van der Waals surface area contributed by atoms with Crippen molar-refractivity contribution in [3.63, 3.8) is 0 Å². The number of allylic oxidation sites excluding steroid dienone is 1. The number of piperidine rings is 1. The Bertz CT molecular complexity index is 1920. The van der Waals surface area contributed by atoms with Crippen molar-refractivity contribution in [1.82, 2.24) is 19.9 Å². The number of hydrogen-bond donors (Lipinski definition) is 3. The zero-order valence-electron chi connectivity index (χ0n) is 26.4. The molecule has 0 bridgehead atoms. The maximum absolute atomic E-state index is 13.0. The number of carbonyl (C=O) groups excluding carboxylic acids is 1. The highest BCUT2D eigenvalue weighted by Crippen LogP contribution is 2.41. The van der Waals surface area contributed by atoms with Crippen LogP contribution in [-0.4, -0.2) is 51.1 Å². The number of nitrogens with zero attached hydrogens (tertiary/aromatic N) is 5. The highest BCUT2D eigenvalue weighted by molar-refractivity contribution is 7.18. The number of likely N-dealkylation sites (tertiary alicyclic amines) is 1. The van der Waals surface area contributed by atoms with E-state index in [1.165, 1.54) is 28.8 Å². The molecule has 0 saturated carbocycles. The number of fused-ring (bicyclic) bond motifs is 2. The molecule has 1 atom stereocenters. The van der Waals surface area contributed by atoms with Gasteiger partial charge in [0.1, 0.15) is 16.5 Å². The van der Waals surface area contributed by atoms with Crippen LogP contribution in [0.3, 0.4) is 0 Å². The molecule has 4 N–H and O–H groups in total. The van der Waals surface area contributed by atoms with Crippen molar-refractivity contribution >= 4 is 51.1 Å². The molecule has 1 fully saturated rings. The van der Waals surface area contributed by atoms with E-state index in [4.69, 9.17) is 5.73 Å². The summed E-state index contributed by atoms with van der Waals surface area (Å²) >= 11 is 0.994. The fourth-order valence-electron chi connectivity index (χ4n) is 6.49.